The molecule has 10 nitrogen and oxygen atoms in total. The SMILES string of the molecule is C[C@]1(O)C(O)[C@@H](CO)O[C@H]1n1cnc2c(NC(=O)c3ccccc3)ncnc21. The lowest BCUT2D eigenvalue weighted by atomic mass is 9.96. The number of imidazole rings is 1. The van der Waals surface area contributed by atoms with Gasteiger partial charge in [0.2, 0.25) is 0 Å². The van der Waals surface area contributed by atoms with E-state index >= 15 is 0 Å². The molecule has 1 aliphatic rings. The van der Waals surface area contributed by atoms with Crippen molar-refractivity contribution in [3.8, 4) is 0 Å². The van der Waals surface area contributed by atoms with Gasteiger partial charge in [0.1, 0.15) is 24.1 Å². The van der Waals surface area contributed by atoms with Crippen LogP contribution in [0.2, 0.25) is 0 Å². The fourth-order valence-corrected chi connectivity index (χ4v) is 3.27. The Morgan fingerprint density at radius 3 is 2.71 bits per heavy atom. The number of aromatic nitrogens is 4. The fourth-order valence-electron chi connectivity index (χ4n) is 3.27. The van der Waals surface area contributed by atoms with Gasteiger partial charge in [-0.15, -0.1) is 0 Å². The summed E-state index contributed by atoms with van der Waals surface area (Å²) in [7, 11) is 0. The number of aliphatic hydroxyl groups excluding tert-OH is 2. The minimum atomic E-state index is -1.68. The maximum Gasteiger partial charge on any atom is 0.256 e. The molecule has 1 fully saturated rings. The fraction of sp³-hybridized carbons (Fsp3) is 0.333. The first kappa shape index (κ1) is 18.4. The molecule has 0 spiro atoms. The maximum absolute atomic E-state index is 12.4. The molecule has 1 aliphatic heterocycles. The Labute approximate surface area is 159 Å². The largest absolute Gasteiger partial charge is 0.394 e. The average Bonchev–Trinajstić information content (AvgIpc) is 3.22. The number of amides is 1. The lowest BCUT2D eigenvalue weighted by molar-refractivity contribution is -0.0950. The normalized spacial score (nSPS) is 27.2. The molecule has 3 heterocycles. The van der Waals surface area contributed by atoms with Crippen LogP contribution in [-0.2, 0) is 4.74 Å². The molecule has 4 N–H and O–H groups in total. The smallest absolute Gasteiger partial charge is 0.256 e. The third-order valence-corrected chi connectivity index (χ3v) is 4.81. The van der Waals surface area contributed by atoms with E-state index in [0.29, 0.717) is 16.7 Å². The van der Waals surface area contributed by atoms with Crippen LogP contribution in [0.5, 0.6) is 0 Å². The summed E-state index contributed by atoms with van der Waals surface area (Å²) in [6, 6.07) is 8.66. The zero-order chi connectivity index (χ0) is 19.9. The van der Waals surface area contributed by atoms with E-state index < -0.39 is 30.6 Å². The summed E-state index contributed by atoms with van der Waals surface area (Å²) in [4.78, 5) is 24.9. The molecule has 0 saturated carbocycles. The number of ether oxygens (including phenoxy) is 1. The van der Waals surface area contributed by atoms with Crippen LogP contribution in [-0.4, -0.2) is 65.2 Å². The predicted molar refractivity (Wildman–Crippen MR) is 97.3 cm³/mol. The Balaban J connectivity index is 1.69. The van der Waals surface area contributed by atoms with Crippen LogP contribution in [0.4, 0.5) is 5.82 Å². The van der Waals surface area contributed by atoms with Crippen molar-refractivity contribution in [3.05, 3.63) is 48.5 Å². The van der Waals surface area contributed by atoms with Crippen molar-refractivity contribution in [1.82, 2.24) is 19.5 Å². The molecular weight excluding hydrogens is 366 g/mol. The van der Waals surface area contributed by atoms with Gasteiger partial charge in [0.15, 0.2) is 23.2 Å². The topological polar surface area (TPSA) is 143 Å². The zero-order valence-electron chi connectivity index (χ0n) is 14.9. The quantitative estimate of drug-likeness (QED) is 0.495. The van der Waals surface area contributed by atoms with E-state index in [4.69, 9.17) is 4.74 Å². The second kappa shape index (κ2) is 6.91. The van der Waals surface area contributed by atoms with Gasteiger partial charge in [-0.25, -0.2) is 15.0 Å². The van der Waals surface area contributed by atoms with Crippen LogP contribution < -0.4 is 5.32 Å². The van der Waals surface area contributed by atoms with Gasteiger partial charge in [0, 0.05) is 5.56 Å². The minimum Gasteiger partial charge on any atom is -0.394 e. The lowest BCUT2D eigenvalue weighted by Gasteiger charge is -2.27. The Morgan fingerprint density at radius 2 is 2.04 bits per heavy atom. The molecule has 1 amide bonds. The van der Waals surface area contributed by atoms with Crippen molar-refractivity contribution >= 4 is 22.9 Å². The van der Waals surface area contributed by atoms with Crippen LogP contribution in [0.25, 0.3) is 11.2 Å². The maximum atomic E-state index is 12.4. The third-order valence-electron chi connectivity index (χ3n) is 4.81. The summed E-state index contributed by atoms with van der Waals surface area (Å²) >= 11 is 0. The number of rotatable bonds is 4. The molecule has 10 heteroatoms. The summed E-state index contributed by atoms with van der Waals surface area (Å²) in [5.41, 5.74) is -0.619. The van der Waals surface area contributed by atoms with Crippen molar-refractivity contribution in [2.75, 3.05) is 11.9 Å². The summed E-state index contributed by atoms with van der Waals surface area (Å²) in [5, 5.41) is 32.9. The van der Waals surface area contributed by atoms with E-state index in [1.54, 1.807) is 24.3 Å². The highest BCUT2D eigenvalue weighted by Gasteiger charge is 2.53. The number of benzene rings is 1. The number of hydrogen-bond acceptors (Lipinski definition) is 8. The number of carbonyl (C=O) groups excluding carboxylic acids is 1. The number of aliphatic hydroxyl groups is 3. The Hall–Kier alpha value is -2.92. The molecule has 28 heavy (non-hydrogen) atoms. The van der Waals surface area contributed by atoms with Crippen molar-refractivity contribution in [2.45, 2.75) is 31.0 Å². The van der Waals surface area contributed by atoms with Crippen molar-refractivity contribution < 1.29 is 24.9 Å². The van der Waals surface area contributed by atoms with Crippen LogP contribution in [0.3, 0.4) is 0 Å². The number of nitrogens with zero attached hydrogens (tertiary/aromatic N) is 4. The molecule has 4 rings (SSSR count). The third kappa shape index (κ3) is 2.92. The van der Waals surface area contributed by atoms with E-state index in [1.807, 2.05) is 6.07 Å². The van der Waals surface area contributed by atoms with Crippen LogP contribution in [0, 0.1) is 0 Å². The summed E-state index contributed by atoms with van der Waals surface area (Å²) in [6.45, 7) is 0.955. The van der Waals surface area contributed by atoms with Gasteiger partial charge in [0.25, 0.3) is 5.91 Å². The number of anilines is 1. The van der Waals surface area contributed by atoms with Crippen molar-refractivity contribution in [3.63, 3.8) is 0 Å². The Bertz CT molecular complexity index is 1010. The highest BCUT2D eigenvalue weighted by atomic mass is 16.6. The highest BCUT2D eigenvalue weighted by molar-refractivity contribution is 6.06. The van der Waals surface area contributed by atoms with E-state index in [0.717, 1.165) is 0 Å². The number of carbonyl (C=O) groups is 1. The van der Waals surface area contributed by atoms with Gasteiger partial charge in [0.05, 0.1) is 12.9 Å². The molecular formula is C18H19N5O5. The standard InChI is InChI=1S/C18H19N5O5/c1-18(27)13(25)11(7-24)28-17(18)23-9-21-12-14(19-8-20-15(12)23)22-16(26)10-5-3-2-4-6-10/h2-6,8-9,11,13,17,24-25,27H,7H2,1H3,(H,19,20,22,26)/t11-,13?,17-,18+/m1/s1. The summed E-state index contributed by atoms with van der Waals surface area (Å²) < 4.78 is 7.04. The molecule has 1 unspecified atom stereocenters. The molecule has 1 saturated heterocycles. The van der Waals surface area contributed by atoms with Crippen LogP contribution in [0.1, 0.15) is 23.5 Å². The van der Waals surface area contributed by atoms with Crippen molar-refractivity contribution in [1.29, 1.82) is 0 Å². The van der Waals surface area contributed by atoms with Crippen LogP contribution >= 0.6 is 0 Å². The first-order valence-electron chi connectivity index (χ1n) is 8.64. The van der Waals surface area contributed by atoms with E-state index in [1.165, 1.54) is 24.1 Å². The molecule has 1 aromatic carbocycles. The lowest BCUT2D eigenvalue weighted by Crippen LogP contribution is -2.44. The van der Waals surface area contributed by atoms with E-state index in [9.17, 15) is 20.1 Å². The molecule has 0 aliphatic carbocycles. The molecule has 146 valence electrons. The molecule has 0 radical (unpaired) electrons. The van der Waals surface area contributed by atoms with Crippen LogP contribution in [0.15, 0.2) is 43.0 Å². The number of nitrogens with one attached hydrogen (secondary N) is 1. The van der Waals surface area contributed by atoms with E-state index in [-0.39, 0.29) is 11.7 Å². The van der Waals surface area contributed by atoms with Gasteiger partial charge in [-0.1, -0.05) is 18.2 Å². The molecule has 0 bridgehead atoms. The Morgan fingerprint density at radius 1 is 1.29 bits per heavy atom. The second-order valence-electron chi connectivity index (χ2n) is 6.75. The zero-order valence-corrected chi connectivity index (χ0v) is 14.9. The van der Waals surface area contributed by atoms with Gasteiger partial charge < -0.3 is 25.4 Å². The van der Waals surface area contributed by atoms with Gasteiger partial charge in [-0.3, -0.25) is 9.36 Å². The van der Waals surface area contributed by atoms with Gasteiger partial charge in [-0.05, 0) is 19.1 Å². The Kier molecular flexibility index (Phi) is 4.55. The highest BCUT2D eigenvalue weighted by Crippen LogP contribution is 2.39. The molecule has 4 atom stereocenters. The molecule has 3 aromatic rings. The average molecular weight is 385 g/mol. The number of fused-ring (bicyclic) bond motifs is 1. The first-order chi connectivity index (χ1) is 13.4. The minimum absolute atomic E-state index is 0.203. The summed E-state index contributed by atoms with van der Waals surface area (Å²) in [6.07, 6.45) is -0.638. The van der Waals surface area contributed by atoms with E-state index in [2.05, 4.69) is 20.3 Å². The van der Waals surface area contributed by atoms with Gasteiger partial charge >= 0.3 is 0 Å². The monoisotopic (exact) mass is 385 g/mol. The number of hydrogen-bond donors (Lipinski definition) is 4. The first-order valence-corrected chi connectivity index (χ1v) is 8.64. The second-order valence-corrected chi connectivity index (χ2v) is 6.75. The predicted octanol–water partition coefficient (Wildman–Crippen LogP) is 0.0802. The van der Waals surface area contributed by atoms with Crippen molar-refractivity contribution in [2.24, 2.45) is 0 Å². The van der Waals surface area contributed by atoms with Gasteiger partial charge in [-0.2, -0.15) is 0 Å². The molecule has 2 aromatic heterocycles. The summed E-state index contributed by atoms with van der Waals surface area (Å²) in [5.74, 6) is -0.149.